The van der Waals surface area contributed by atoms with Gasteiger partial charge in [-0.25, -0.2) is 4.98 Å². The van der Waals surface area contributed by atoms with Crippen molar-refractivity contribution in [1.29, 1.82) is 0 Å². The van der Waals surface area contributed by atoms with Gasteiger partial charge >= 0.3 is 0 Å². The highest BCUT2D eigenvalue weighted by Crippen LogP contribution is 2.33. The maximum atomic E-state index is 13.1. The van der Waals surface area contributed by atoms with Gasteiger partial charge in [0, 0.05) is 42.5 Å². The number of carbonyl (C=O) groups is 1. The Kier molecular flexibility index (Phi) is 3.06. The first-order chi connectivity index (χ1) is 12.2. The summed E-state index contributed by atoms with van der Waals surface area (Å²) in [6, 6.07) is 0. The number of fused-ring (bicyclic) bond motifs is 2. The number of rotatable bonds is 2. The molecule has 1 aliphatic heterocycles. The number of aromatic amines is 2. The molecule has 2 aliphatic rings. The van der Waals surface area contributed by atoms with E-state index < -0.39 is 0 Å². The molecule has 0 saturated heterocycles. The standard InChI is InChI=1S/C17H19N7O/c1-23-6-10(5-20-23)12-7-24(8-14-15(12)19-9-18-14)17(25)16-11-3-2-4-13(11)21-22-16/h5-6,9,12H,2-4,7-8H2,1H3,(H,18,19)(H,21,22). The molecule has 1 atom stereocenters. The maximum absolute atomic E-state index is 13.1. The van der Waals surface area contributed by atoms with Crippen LogP contribution in [0.1, 0.15) is 51.0 Å². The van der Waals surface area contributed by atoms with Crippen LogP contribution in [0.4, 0.5) is 0 Å². The quantitative estimate of drug-likeness (QED) is 0.733. The molecule has 0 fully saturated rings. The van der Waals surface area contributed by atoms with Gasteiger partial charge in [-0.05, 0) is 19.3 Å². The number of hydrogen-bond donors (Lipinski definition) is 2. The van der Waals surface area contributed by atoms with Crippen molar-refractivity contribution in [2.45, 2.75) is 31.7 Å². The molecule has 3 aromatic heterocycles. The van der Waals surface area contributed by atoms with Gasteiger partial charge in [-0.1, -0.05) is 0 Å². The predicted molar refractivity (Wildman–Crippen MR) is 89.0 cm³/mol. The largest absolute Gasteiger partial charge is 0.347 e. The second kappa shape index (κ2) is 5.30. The van der Waals surface area contributed by atoms with Gasteiger partial charge in [-0.2, -0.15) is 10.2 Å². The zero-order chi connectivity index (χ0) is 17.0. The van der Waals surface area contributed by atoms with Crippen LogP contribution in [-0.4, -0.2) is 47.3 Å². The molecule has 8 nitrogen and oxygen atoms in total. The predicted octanol–water partition coefficient (Wildman–Crippen LogP) is 1.14. The maximum Gasteiger partial charge on any atom is 0.275 e. The van der Waals surface area contributed by atoms with E-state index in [2.05, 4.69) is 25.3 Å². The minimum absolute atomic E-state index is 0.00598. The van der Waals surface area contributed by atoms with Crippen LogP contribution in [0, 0.1) is 0 Å². The van der Waals surface area contributed by atoms with Crippen LogP contribution in [0.25, 0.3) is 0 Å². The van der Waals surface area contributed by atoms with Crippen LogP contribution in [0.2, 0.25) is 0 Å². The Morgan fingerprint density at radius 1 is 1.32 bits per heavy atom. The summed E-state index contributed by atoms with van der Waals surface area (Å²) < 4.78 is 1.78. The van der Waals surface area contributed by atoms with Crippen LogP contribution in [0.5, 0.6) is 0 Å². The first-order valence-electron chi connectivity index (χ1n) is 8.57. The summed E-state index contributed by atoms with van der Waals surface area (Å²) in [4.78, 5) is 22.7. The molecule has 0 spiro atoms. The highest BCUT2D eigenvalue weighted by molar-refractivity contribution is 5.94. The molecule has 1 amide bonds. The van der Waals surface area contributed by atoms with E-state index in [1.807, 2.05) is 24.3 Å². The van der Waals surface area contributed by atoms with Gasteiger partial charge in [0.25, 0.3) is 5.91 Å². The van der Waals surface area contributed by atoms with E-state index in [0.717, 1.165) is 47.5 Å². The summed E-state index contributed by atoms with van der Waals surface area (Å²) >= 11 is 0. The fraction of sp³-hybridized carbons (Fsp3) is 0.412. The molecule has 4 heterocycles. The lowest BCUT2D eigenvalue weighted by Crippen LogP contribution is -2.39. The van der Waals surface area contributed by atoms with E-state index in [-0.39, 0.29) is 11.8 Å². The molecule has 1 unspecified atom stereocenters. The summed E-state index contributed by atoms with van der Waals surface area (Å²) in [5, 5.41) is 11.6. The van der Waals surface area contributed by atoms with Gasteiger partial charge < -0.3 is 9.88 Å². The monoisotopic (exact) mass is 337 g/mol. The molecule has 0 aromatic carbocycles. The van der Waals surface area contributed by atoms with Crippen molar-refractivity contribution >= 4 is 5.91 Å². The van der Waals surface area contributed by atoms with Crippen molar-refractivity contribution in [2.24, 2.45) is 7.05 Å². The summed E-state index contributed by atoms with van der Waals surface area (Å²) in [6.45, 7) is 1.12. The minimum Gasteiger partial charge on any atom is -0.347 e. The number of amides is 1. The van der Waals surface area contributed by atoms with E-state index in [1.165, 1.54) is 0 Å². The lowest BCUT2D eigenvalue weighted by molar-refractivity contribution is 0.0714. The van der Waals surface area contributed by atoms with E-state index in [1.54, 1.807) is 11.0 Å². The Hall–Kier alpha value is -2.90. The van der Waals surface area contributed by atoms with Crippen LogP contribution >= 0.6 is 0 Å². The molecule has 5 rings (SSSR count). The normalized spacial score (nSPS) is 19.1. The van der Waals surface area contributed by atoms with E-state index in [0.29, 0.717) is 18.8 Å². The molecule has 0 bridgehead atoms. The molecular weight excluding hydrogens is 318 g/mol. The SMILES string of the molecule is Cn1cc(C2CN(C(=O)c3n[nH]c4c3CCC4)Cc3[nH]cnc32)cn1. The van der Waals surface area contributed by atoms with Crippen molar-refractivity contribution in [3.63, 3.8) is 0 Å². The Morgan fingerprint density at radius 2 is 2.24 bits per heavy atom. The molecule has 128 valence electrons. The van der Waals surface area contributed by atoms with Gasteiger partial charge in [-0.15, -0.1) is 0 Å². The fourth-order valence-corrected chi connectivity index (χ4v) is 4.00. The first kappa shape index (κ1) is 14.4. The summed E-state index contributed by atoms with van der Waals surface area (Å²) in [6.07, 6.45) is 8.55. The van der Waals surface area contributed by atoms with E-state index >= 15 is 0 Å². The van der Waals surface area contributed by atoms with Crippen molar-refractivity contribution in [2.75, 3.05) is 6.54 Å². The van der Waals surface area contributed by atoms with Crippen molar-refractivity contribution < 1.29 is 4.79 Å². The molecule has 2 N–H and O–H groups in total. The zero-order valence-electron chi connectivity index (χ0n) is 14.0. The van der Waals surface area contributed by atoms with Gasteiger partial charge in [0.05, 0.1) is 30.5 Å². The Morgan fingerprint density at radius 3 is 3.08 bits per heavy atom. The molecule has 8 heteroatoms. The number of carbonyl (C=O) groups excluding carboxylic acids is 1. The van der Waals surface area contributed by atoms with Crippen LogP contribution in [-0.2, 0) is 26.4 Å². The van der Waals surface area contributed by atoms with Crippen molar-refractivity contribution in [1.82, 2.24) is 34.8 Å². The molecule has 0 radical (unpaired) electrons. The van der Waals surface area contributed by atoms with Gasteiger partial charge in [0.2, 0.25) is 0 Å². The first-order valence-corrected chi connectivity index (χ1v) is 8.57. The fourth-order valence-electron chi connectivity index (χ4n) is 4.00. The lowest BCUT2D eigenvalue weighted by atomic mass is 9.93. The van der Waals surface area contributed by atoms with E-state index in [9.17, 15) is 4.79 Å². The minimum atomic E-state index is -0.00598. The number of aromatic nitrogens is 6. The number of aryl methyl sites for hydroxylation is 2. The van der Waals surface area contributed by atoms with Gasteiger partial charge in [0.15, 0.2) is 5.69 Å². The van der Waals surface area contributed by atoms with Crippen molar-refractivity contribution in [3.05, 3.63) is 52.6 Å². The van der Waals surface area contributed by atoms with E-state index in [4.69, 9.17) is 0 Å². The number of hydrogen-bond acceptors (Lipinski definition) is 4. The van der Waals surface area contributed by atoms with Crippen molar-refractivity contribution in [3.8, 4) is 0 Å². The lowest BCUT2D eigenvalue weighted by Gasteiger charge is -2.31. The van der Waals surface area contributed by atoms with Crippen LogP contribution < -0.4 is 0 Å². The molecule has 1 aliphatic carbocycles. The highest BCUT2D eigenvalue weighted by Gasteiger charge is 2.34. The molecular formula is C17H19N7O. The summed E-state index contributed by atoms with van der Waals surface area (Å²) in [5.74, 6) is 0.0215. The average Bonchev–Trinajstić information content (AvgIpc) is 3.36. The number of imidazole rings is 1. The Bertz CT molecular complexity index is 950. The highest BCUT2D eigenvalue weighted by atomic mass is 16.2. The Balaban J connectivity index is 1.50. The van der Waals surface area contributed by atoms with Crippen LogP contribution in [0.3, 0.4) is 0 Å². The summed E-state index contributed by atoms with van der Waals surface area (Å²) in [7, 11) is 1.90. The molecule has 0 saturated carbocycles. The number of nitrogens with zero attached hydrogens (tertiary/aromatic N) is 5. The zero-order valence-corrected chi connectivity index (χ0v) is 14.0. The third kappa shape index (κ3) is 2.20. The number of H-pyrrole nitrogens is 2. The second-order valence-corrected chi connectivity index (χ2v) is 6.83. The smallest absolute Gasteiger partial charge is 0.275 e. The van der Waals surface area contributed by atoms with Crippen LogP contribution in [0.15, 0.2) is 18.7 Å². The number of nitrogens with one attached hydrogen (secondary N) is 2. The second-order valence-electron chi connectivity index (χ2n) is 6.83. The third-order valence-electron chi connectivity index (χ3n) is 5.26. The Labute approximate surface area is 144 Å². The molecule has 25 heavy (non-hydrogen) atoms. The van der Waals surface area contributed by atoms with Gasteiger partial charge in [-0.3, -0.25) is 14.6 Å². The topological polar surface area (TPSA) is 95.5 Å². The molecule has 3 aromatic rings. The third-order valence-corrected chi connectivity index (χ3v) is 5.26. The van der Waals surface area contributed by atoms with Gasteiger partial charge in [0.1, 0.15) is 0 Å². The average molecular weight is 337 g/mol. The summed E-state index contributed by atoms with van der Waals surface area (Å²) in [5.41, 5.74) is 5.86.